The predicted molar refractivity (Wildman–Crippen MR) is 94.1 cm³/mol. The number of amides is 2. The molecule has 3 aromatic rings. The summed E-state index contributed by atoms with van der Waals surface area (Å²) < 4.78 is 1.68. The molecule has 0 aliphatic heterocycles. The molecule has 0 saturated carbocycles. The molecule has 0 bridgehead atoms. The highest BCUT2D eigenvalue weighted by atomic mass is 16.2. The highest BCUT2D eigenvalue weighted by molar-refractivity contribution is 5.98. The first-order valence-corrected chi connectivity index (χ1v) is 7.83. The Labute approximate surface area is 145 Å². The second-order valence-corrected chi connectivity index (χ2v) is 5.61. The van der Waals surface area contributed by atoms with E-state index in [0.29, 0.717) is 16.8 Å². The van der Waals surface area contributed by atoms with Crippen LogP contribution in [-0.4, -0.2) is 21.6 Å². The fraction of sp³-hybridized carbons (Fsp3) is 0.105. The Balaban J connectivity index is 1.86. The molecule has 0 saturated heterocycles. The molecule has 1 atom stereocenters. The Hall–Kier alpha value is -3.41. The molecule has 1 heterocycles. The van der Waals surface area contributed by atoms with E-state index in [0.717, 1.165) is 5.69 Å². The Bertz CT molecular complexity index is 888. The van der Waals surface area contributed by atoms with Gasteiger partial charge in [0.2, 0.25) is 5.91 Å². The van der Waals surface area contributed by atoms with Gasteiger partial charge in [0.05, 0.1) is 23.1 Å². The summed E-state index contributed by atoms with van der Waals surface area (Å²) in [6, 6.07) is 17.5. The number of nitrogens with two attached hydrogens (primary N) is 1. The Morgan fingerprint density at radius 2 is 1.64 bits per heavy atom. The van der Waals surface area contributed by atoms with Gasteiger partial charge in [0.25, 0.3) is 5.91 Å². The molecule has 2 amide bonds. The zero-order valence-electron chi connectivity index (χ0n) is 13.7. The largest absolute Gasteiger partial charge is 0.368 e. The van der Waals surface area contributed by atoms with Crippen LogP contribution in [0.4, 0.5) is 0 Å². The minimum Gasteiger partial charge on any atom is -0.368 e. The minimum atomic E-state index is -0.895. The molecule has 1 aromatic heterocycles. The molecular formula is C19H18N4O2. The molecule has 6 heteroatoms. The van der Waals surface area contributed by atoms with E-state index in [4.69, 9.17) is 5.73 Å². The van der Waals surface area contributed by atoms with Gasteiger partial charge in [-0.1, -0.05) is 48.5 Å². The van der Waals surface area contributed by atoms with Gasteiger partial charge in [-0.15, -0.1) is 0 Å². The maximum absolute atomic E-state index is 12.6. The number of carbonyl (C=O) groups excluding carboxylic acids is 2. The SMILES string of the molecule is Cc1c(C(=O)N[C@H](C(N)=O)c2ccccc2)cnn1-c1ccccc1. The third-order valence-electron chi connectivity index (χ3n) is 3.95. The molecule has 126 valence electrons. The number of nitrogens with one attached hydrogen (secondary N) is 1. The van der Waals surface area contributed by atoms with Gasteiger partial charge < -0.3 is 11.1 Å². The van der Waals surface area contributed by atoms with Crippen molar-refractivity contribution in [1.82, 2.24) is 15.1 Å². The summed E-state index contributed by atoms with van der Waals surface area (Å²) in [5.41, 5.74) is 8.02. The van der Waals surface area contributed by atoms with E-state index in [1.807, 2.05) is 36.4 Å². The van der Waals surface area contributed by atoms with Gasteiger partial charge in [-0.3, -0.25) is 9.59 Å². The minimum absolute atomic E-state index is 0.394. The fourth-order valence-corrected chi connectivity index (χ4v) is 2.64. The lowest BCUT2D eigenvalue weighted by atomic mass is 10.1. The van der Waals surface area contributed by atoms with Crippen LogP contribution < -0.4 is 11.1 Å². The van der Waals surface area contributed by atoms with Crippen LogP contribution in [-0.2, 0) is 4.79 Å². The summed E-state index contributed by atoms with van der Waals surface area (Å²) in [5, 5.41) is 6.96. The average molecular weight is 334 g/mol. The van der Waals surface area contributed by atoms with Crippen LogP contribution in [0.1, 0.15) is 27.7 Å². The lowest BCUT2D eigenvalue weighted by molar-refractivity contribution is -0.120. The molecule has 0 fully saturated rings. The summed E-state index contributed by atoms with van der Waals surface area (Å²) in [4.78, 5) is 24.4. The highest BCUT2D eigenvalue weighted by Crippen LogP contribution is 2.17. The third kappa shape index (κ3) is 3.42. The van der Waals surface area contributed by atoms with Crippen LogP contribution in [0.5, 0.6) is 0 Å². The monoisotopic (exact) mass is 334 g/mol. The quantitative estimate of drug-likeness (QED) is 0.749. The lowest BCUT2D eigenvalue weighted by Crippen LogP contribution is -2.37. The van der Waals surface area contributed by atoms with Gasteiger partial charge in [-0.05, 0) is 24.6 Å². The van der Waals surface area contributed by atoms with E-state index >= 15 is 0 Å². The number of carbonyl (C=O) groups is 2. The summed E-state index contributed by atoms with van der Waals surface area (Å²) in [5.74, 6) is -1.01. The molecule has 0 unspecified atom stereocenters. The Kier molecular flexibility index (Phi) is 4.61. The molecule has 25 heavy (non-hydrogen) atoms. The van der Waals surface area contributed by atoms with E-state index < -0.39 is 17.9 Å². The fourth-order valence-electron chi connectivity index (χ4n) is 2.64. The molecule has 0 radical (unpaired) electrons. The normalized spacial score (nSPS) is 11.7. The van der Waals surface area contributed by atoms with Gasteiger partial charge in [0.1, 0.15) is 6.04 Å². The van der Waals surface area contributed by atoms with Crippen molar-refractivity contribution in [3.8, 4) is 5.69 Å². The van der Waals surface area contributed by atoms with E-state index in [2.05, 4.69) is 10.4 Å². The van der Waals surface area contributed by atoms with Crippen molar-refractivity contribution in [3.63, 3.8) is 0 Å². The van der Waals surface area contributed by atoms with Crippen LogP contribution in [0.2, 0.25) is 0 Å². The van der Waals surface area contributed by atoms with E-state index in [1.165, 1.54) is 6.20 Å². The van der Waals surface area contributed by atoms with E-state index in [9.17, 15) is 9.59 Å². The van der Waals surface area contributed by atoms with Crippen LogP contribution >= 0.6 is 0 Å². The molecule has 2 aromatic carbocycles. The molecule has 0 spiro atoms. The summed E-state index contributed by atoms with van der Waals surface area (Å²) in [6.07, 6.45) is 1.49. The molecule has 3 rings (SSSR count). The third-order valence-corrected chi connectivity index (χ3v) is 3.95. The summed E-state index contributed by atoms with van der Waals surface area (Å²) in [7, 11) is 0. The van der Waals surface area contributed by atoms with Gasteiger partial charge >= 0.3 is 0 Å². The second-order valence-electron chi connectivity index (χ2n) is 5.61. The zero-order chi connectivity index (χ0) is 17.8. The van der Waals surface area contributed by atoms with Crippen molar-refractivity contribution in [2.45, 2.75) is 13.0 Å². The predicted octanol–water partition coefficient (Wildman–Crippen LogP) is 2.14. The number of primary amides is 1. The average Bonchev–Trinajstić information content (AvgIpc) is 3.02. The number of hydrogen-bond donors (Lipinski definition) is 2. The van der Waals surface area contributed by atoms with Crippen molar-refractivity contribution in [2.24, 2.45) is 5.73 Å². The van der Waals surface area contributed by atoms with Crippen LogP contribution in [0, 0.1) is 6.92 Å². The molecule has 0 aliphatic carbocycles. The maximum Gasteiger partial charge on any atom is 0.255 e. The van der Waals surface area contributed by atoms with Crippen LogP contribution in [0.15, 0.2) is 66.9 Å². The number of aromatic nitrogens is 2. The summed E-state index contributed by atoms with van der Waals surface area (Å²) >= 11 is 0. The van der Waals surface area contributed by atoms with Gasteiger partial charge in [-0.2, -0.15) is 5.10 Å². The van der Waals surface area contributed by atoms with Crippen molar-refractivity contribution < 1.29 is 9.59 Å². The van der Waals surface area contributed by atoms with E-state index in [1.54, 1.807) is 35.9 Å². The number of rotatable bonds is 5. The maximum atomic E-state index is 12.6. The van der Waals surface area contributed by atoms with Crippen LogP contribution in [0.3, 0.4) is 0 Å². The zero-order valence-corrected chi connectivity index (χ0v) is 13.7. The van der Waals surface area contributed by atoms with Gasteiger partial charge in [0.15, 0.2) is 0 Å². The molecule has 3 N–H and O–H groups in total. The first-order valence-electron chi connectivity index (χ1n) is 7.83. The first kappa shape index (κ1) is 16.4. The number of hydrogen-bond acceptors (Lipinski definition) is 3. The standard InChI is InChI=1S/C19H18N4O2/c1-13-16(12-21-23(13)15-10-6-3-7-11-15)19(25)22-17(18(20)24)14-8-4-2-5-9-14/h2-12,17H,1H3,(H2,20,24)(H,22,25)/t17-/m0/s1. The van der Waals surface area contributed by atoms with Gasteiger partial charge in [0, 0.05) is 0 Å². The number of nitrogens with zero attached hydrogens (tertiary/aromatic N) is 2. The first-order chi connectivity index (χ1) is 12.1. The Morgan fingerprint density at radius 1 is 1.04 bits per heavy atom. The van der Waals surface area contributed by atoms with Gasteiger partial charge in [-0.25, -0.2) is 4.68 Å². The second kappa shape index (κ2) is 7.00. The number of para-hydroxylation sites is 1. The summed E-state index contributed by atoms with van der Waals surface area (Å²) in [6.45, 7) is 1.80. The van der Waals surface area contributed by atoms with Crippen LogP contribution in [0.25, 0.3) is 5.69 Å². The molecule has 0 aliphatic rings. The van der Waals surface area contributed by atoms with Crippen molar-refractivity contribution in [3.05, 3.63) is 83.7 Å². The topological polar surface area (TPSA) is 90.0 Å². The lowest BCUT2D eigenvalue weighted by Gasteiger charge is -2.15. The smallest absolute Gasteiger partial charge is 0.255 e. The number of benzene rings is 2. The van der Waals surface area contributed by atoms with E-state index in [-0.39, 0.29) is 0 Å². The highest BCUT2D eigenvalue weighted by Gasteiger charge is 2.23. The van der Waals surface area contributed by atoms with Crippen molar-refractivity contribution in [1.29, 1.82) is 0 Å². The molecule has 6 nitrogen and oxygen atoms in total. The van der Waals surface area contributed by atoms with Crippen molar-refractivity contribution in [2.75, 3.05) is 0 Å². The molecular weight excluding hydrogens is 316 g/mol. The Morgan fingerprint density at radius 3 is 2.24 bits per heavy atom. The van der Waals surface area contributed by atoms with Crippen molar-refractivity contribution >= 4 is 11.8 Å².